The van der Waals surface area contributed by atoms with Crippen molar-refractivity contribution >= 4 is 5.91 Å². The molecule has 14 nitrogen and oxygen atoms in total. The van der Waals surface area contributed by atoms with Crippen LogP contribution in [0.15, 0.2) is 48.6 Å². The monoisotopic (exact) mass is 1230 g/mol. The van der Waals surface area contributed by atoms with E-state index in [9.17, 15) is 45.6 Å². The van der Waals surface area contributed by atoms with Crippen molar-refractivity contribution in [2.24, 2.45) is 0 Å². The van der Waals surface area contributed by atoms with Crippen LogP contribution in [-0.2, 0) is 23.7 Å². The van der Waals surface area contributed by atoms with E-state index in [2.05, 4.69) is 55.6 Å². The van der Waals surface area contributed by atoms with Gasteiger partial charge in [0.05, 0.1) is 32.0 Å². The van der Waals surface area contributed by atoms with E-state index < -0.39 is 86.8 Å². The summed E-state index contributed by atoms with van der Waals surface area (Å²) >= 11 is 0. The molecular weight excluding hydrogens is 1100 g/mol. The number of hydrogen-bond donors (Lipinski definition) is 9. The molecular formula is C73H135NO13. The molecule has 0 saturated carbocycles. The average molecular weight is 1230 g/mol. The van der Waals surface area contributed by atoms with E-state index in [0.29, 0.717) is 6.42 Å². The van der Waals surface area contributed by atoms with E-state index >= 15 is 0 Å². The summed E-state index contributed by atoms with van der Waals surface area (Å²) in [6.07, 6.45) is 58.8. The van der Waals surface area contributed by atoms with Crippen LogP contribution in [0.1, 0.15) is 316 Å². The standard InChI is InChI=1S/C73H135NO13/c1-3-5-7-9-11-13-15-17-19-21-23-25-27-28-29-30-31-32-33-34-35-37-39-41-43-45-47-49-51-53-55-57-65(78)74-61(60-84-72-70(83)68(81)71(64(59-76)86-72)87-73-69(82)67(80)66(79)63(58-75)85-73)62(77)56-54-52-50-48-46-44-42-40-38-36-26-24-22-20-18-16-14-12-10-8-6-4-2/h15,17,21,23,27-28,54,56,61-64,66-73,75-77,79-83H,3-14,16,18-20,22,24-26,29-53,55,57-60H2,1-2H3,(H,74,78)/b17-15-,23-21-,28-27-,56-54+. The van der Waals surface area contributed by atoms with E-state index in [4.69, 9.17) is 18.9 Å². The number of rotatable bonds is 60. The first kappa shape index (κ1) is 81.0. The molecule has 0 spiro atoms. The molecule has 510 valence electrons. The first-order chi connectivity index (χ1) is 42.6. The van der Waals surface area contributed by atoms with Crippen LogP contribution >= 0.6 is 0 Å². The lowest BCUT2D eigenvalue weighted by Crippen LogP contribution is -2.65. The van der Waals surface area contributed by atoms with Gasteiger partial charge in [0.15, 0.2) is 12.6 Å². The summed E-state index contributed by atoms with van der Waals surface area (Å²) in [7, 11) is 0. The lowest BCUT2D eigenvalue weighted by atomic mass is 9.97. The Morgan fingerprint density at radius 1 is 0.414 bits per heavy atom. The van der Waals surface area contributed by atoms with Crippen LogP contribution in [0.5, 0.6) is 0 Å². The maximum Gasteiger partial charge on any atom is 0.220 e. The summed E-state index contributed by atoms with van der Waals surface area (Å²) < 4.78 is 22.9. The van der Waals surface area contributed by atoms with E-state index in [1.807, 2.05) is 6.08 Å². The maximum absolute atomic E-state index is 13.3. The van der Waals surface area contributed by atoms with Gasteiger partial charge < -0.3 is 65.1 Å². The average Bonchev–Trinajstić information content (AvgIpc) is 2.33. The summed E-state index contributed by atoms with van der Waals surface area (Å²) in [5.41, 5.74) is 0. The number of unbranched alkanes of at least 4 members (excludes halogenated alkanes) is 41. The van der Waals surface area contributed by atoms with Gasteiger partial charge in [-0.1, -0.05) is 300 Å². The number of hydrogen-bond acceptors (Lipinski definition) is 13. The first-order valence-corrected chi connectivity index (χ1v) is 36.4. The van der Waals surface area contributed by atoms with Gasteiger partial charge >= 0.3 is 0 Å². The number of ether oxygens (including phenoxy) is 4. The van der Waals surface area contributed by atoms with Crippen LogP contribution < -0.4 is 5.32 Å². The number of aliphatic hydroxyl groups excluding tert-OH is 8. The lowest BCUT2D eigenvalue weighted by Gasteiger charge is -2.46. The van der Waals surface area contributed by atoms with Gasteiger partial charge in [-0.05, 0) is 57.8 Å². The second-order valence-electron chi connectivity index (χ2n) is 25.7. The van der Waals surface area contributed by atoms with E-state index in [0.717, 1.165) is 51.4 Å². The Morgan fingerprint density at radius 2 is 0.759 bits per heavy atom. The molecule has 2 heterocycles. The molecule has 0 radical (unpaired) electrons. The Hall–Kier alpha value is -2.05. The number of allylic oxidation sites excluding steroid dienone is 7. The van der Waals surface area contributed by atoms with E-state index in [1.54, 1.807) is 6.08 Å². The third-order valence-corrected chi connectivity index (χ3v) is 17.8. The van der Waals surface area contributed by atoms with Crippen LogP contribution in [0, 0.1) is 0 Å². The number of amides is 1. The van der Waals surface area contributed by atoms with Crippen LogP contribution in [0.2, 0.25) is 0 Å². The van der Waals surface area contributed by atoms with Gasteiger partial charge in [-0.15, -0.1) is 0 Å². The van der Waals surface area contributed by atoms with E-state index in [1.165, 1.54) is 238 Å². The van der Waals surface area contributed by atoms with Crippen LogP contribution in [-0.4, -0.2) is 140 Å². The van der Waals surface area contributed by atoms with Crippen molar-refractivity contribution in [3.8, 4) is 0 Å². The predicted molar refractivity (Wildman–Crippen MR) is 355 cm³/mol. The normalized spacial score (nSPS) is 23.5. The van der Waals surface area contributed by atoms with Gasteiger partial charge in [-0.3, -0.25) is 4.79 Å². The fourth-order valence-electron chi connectivity index (χ4n) is 11.9. The molecule has 2 rings (SSSR count). The summed E-state index contributed by atoms with van der Waals surface area (Å²) in [4.78, 5) is 13.3. The molecule has 12 atom stereocenters. The second kappa shape index (κ2) is 57.8. The Morgan fingerprint density at radius 3 is 1.16 bits per heavy atom. The third-order valence-electron chi connectivity index (χ3n) is 17.8. The minimum absolute atomic E-state index is 0.235. The molecule has 9 N–H and O–H groups in total. The van der Waals surface area contributed by atoms with Crippen molar-refractivity contribution in [2.45, 2.75) is 389 Å². The zero-order chi connectivity index (χ0) is 63.1. The van der Waals surface area contributed by atoms with Gasteiger partial charge in [-0.2, -0.15) is 0 Å². The minimum atomic E-state index is -1.79. The molecule has 2 aliphatic rings. The first-order valence-electron chi connectivity index (χ1n) is 36.4. The zero-order valence-electron chi connectivity index (χ0n) is 55.5. The fourth-order valence-corrected chi connectivity index (χ4v) is 11.9. The highest BCUT2D eigenvalue weighted by atomic mass is 16.7. The number of carbonyl (C=O) groups is 1. The lowest BCUT2D eigenvalue weighted by molar-refractivity contribution is -0.359. The number of aliphatic hydroxyl groups is 8. The molecule has 1 amide bonds. The summed E-state index contributed by atoms with van der Waals surface area (Å²) in [5.74, 6) is -0.235. The van der Waals surface area contributed by atoms with Crippen LogP contribution in [0.4, 0.5) is 0 Å². The summed E-state index contributed by atoms with van der Waals surface area (Å²) in [5, 5.41) is 87.5. The van der Waals surface area contributed by atoms with Crippen molar-refractivity contribution in [1.82, 2.24) is 5.32 Å². The topological polar surface area (TPSA) is 228 Å². The van der Waals surface area contributed by atoms with Crippen molar-refractivity contribution < 1.29 is 64.6 Å². The summed E-state index contributed by atoms with van der Waals surface area (Å²) in [6.45, 7) is 2.83. The molecule has 12 unspecified atom stereocenters. The van der Waals surface area contributed by atoms with Crippen LogP contribution in [0.3, 0.4) is 0 Å². The molecule has 87 heavy (non-hydrogen) atoms. The fraction of sp³-hybridized carbons (Fsp3) is 0.877. The van der Waals surface area contributed by atoms with Gasteiger partial charge in [0.2, 0.25) is 5.91 Å². The largest absolute Gasteiger partial charge is 0.394 e. The van der Waals surface area contributed by atoms with Gasteiger partial charge in [0.1, 0.15) is 48.8 Å². The van der Waals surface area contributed by atoms with Crippen molar-refractivity contribution in [2.75, 3.05) is 19.8 Å². The smallest absolute Gasteiger partial charge is 0.220 e. The van der Waals surface area contributed by atoms with Gasteiger partial charge in [-0.25, -0.2) is 0 Å². The molecule has 0 aromatic heterocycles. The van der Waals surface area contributed by atoms with E-state index in [-0.39, 0.29) is 18.9 Å². The van der Waals surface area contributed by atoms with Crippen molar-refractivity contribution in [3.63, 3.8) is 0 Å². The molecule has 0 aromatic rings. The molecule has 0 bridgehead atoms. The Bertz CT molecular complexity index is 1640. The van der Waals surface area contributed by atoms with Crippen molar-refractivity contribution in [3.05, 3.63) is 48.6 Å². The number of nitrogens with one attached hydrogen (secondary N) is 1. The van der Waals surface area contributed by atoms with Crippen LogP contribution in [0.25, 0.3) is 0 Å². The Balaban J connectivity index is 1.66. The SMILES string of the molecule is CCCCCCC/C=C\C/C=C\C/C=C\CCCCCCCCCCCCCCCCCCC(=O)NC(COC1OC(CO)C(OC2OC(CO)C(O)C(O)C2O)C(O)C1O)C(O)/C=C/CCCCCCCCCCCCCCCCCCCCCC. The Kier molecular flexibility index (Phi) is 53.9. The Labute approximate surface area is 531 Å². The molecule has 2 fully saturated rings. The number of carbonyl (C=O) groups excluding carboxylic acids is 1. The zero-order valence-corrected chi connectivity index (χ0v) is 55.5. The molecule has 14 heteroatoms. The van der Waals surface area contributed by atoms with Gasteiger partial charge in [0, 0.05) is 6.42 Å². The molecule has 0 aromatic carbocycles. The second-order valence-corrected chi connectivity index (χ2v) is 25.7. The predicted octanol–water partition coefficient (Wildman–Crippen LogP) is 15.1. The highest BCUT2D eigenvalue weighted by Crippen LogP contribution is 2.30. The summed E-state index contributed by atoms with van der Waals surface area (Å²) in [6, 6.07) is -0.916. The minimum Gasteiger partial charge on any atom is -0.394 e. The quantitative estimate of drug-likeness (QED) is 0.0204. The molecule has 0 aliphatic carbocycles. The third kappa shape index (κ3) is 41.9. The molecule has 2 aliphatic heterocycles. The maximum atomic E-state index is 13.3. The molecule has 2 saturated heterocycles. The van der Waals surface area contributed by atoms with Crippen molar-refractivity contribution in [1.29, 1.82) is 0 Å². The highest BCUT2D eigenvalue weighted by Gasteiger charge is 2.51. The highest BCUT2D eigenvalue weighted by molar-refractivity contribution is 5.76. The van der Waals surface area contributed by atoms with Gasteiger partial charge in [0.25, 0.3) is 0 Å².